The highest BCUT2D eigenvalue weighted by molar-refractivity contribution is 5.08. The number of pyridine rings is 1. The monoisotopic (exact) mass is 136 g/mol. The summed E-state index contributed by atoms with van der Waals surface area (Å²) in [5, 5.41) is 0. The highest BCUT2D eigenvalue weighted by atomic mass is 16.5. The molecule has 2 heteroatoms. The van der Waals surface area contributed by atoms with E-state index < -0.39 is 0 Å². The first-order chi connectivity index (χ1) is 4.93. The zero-order valence-electron chi connectivity index (χ0n) is 5.95. The molecule has 0 atom stereocenters. The molecule has 1 aromatic rings. The van der Waals surface area contributed by atoms with Crippen molar-refractivity contribution in [3.63, 3.8) is 0 Å². The predicted octanol–water partition coefficient (Wildman–Crippen LogP) is 1.63. The molecule has 0 unspecified atom stereocenters. The van der Waals surface area contributed by atoms with Gasteiger partial charge in [-0.3, -0.25) is 4.98 Å². The Morgan fingerprint density at radius 1 is 1.60 bits per heavy atom. The Kier molecular flexibility index (Phi) is 2.90. The van der Waals surface area contributed by atoms with E-state index in [-0.39, 0.29) is 0 Å². The SMILES string of the molecule is CCO[CH]c1ccccn1. The first kappa shape index (κ1) is 7.22. The number of hydrogen-bond donors (Lipinski definition) is 0. The van der Waals surface area contributed by atoms with Gasteiger partial charge in [0.2, 0.25) is 0 Å². The minimum absolute atomic E-state index is 0.691. The van der Waals surface area contributed by atoms with E-state index in [4.69, 9.17) is 4.74 Å². The summed E-state index contributed by atoms with van der Waals surface area (Å²) in [5.74, 6) is 0. The Labute approximate surface area is 60.9 Å². The molecule has 0 aromatic carbocycles. The van der Waals surface area contributed by atoms with Crippen LogP contribution in [0.3, 0.4) is 0 Å². The molecule has 0 fully saturated rings. The lowest BCUT2D eigenvalue weighted by molar-refractivity contribution is 0.228. The second-order valence-corrected chi connectivity index (χ2v) is 1.83. The van der Waals surface area contributed by atoms with Crippen molar-refractivity contribution in [2.75, 3.05) is 6.61 Å². The molecule has 2 nitrogen and oxygen atoms in total. The molecule has 10 heavy (non-hydrogen) atoms. The molecule has 0 aliphatic carbocycles. The molecule has 0 aliphatic heterocycles. The van der Waals surface area contributed by atoms with Gasteiger partial charge in [-0.15, -0.1) is 0 Å². The molecule has 1 heterocycles. The standard InChI is InChI=1S/C8H10NO/c1-2-10-7-8-5-3-4-6-9-8/h3-7H,2H2,1H3. The van der Waals surface area contributed by atoms with Crippen molar-refractivity contribution < 1.29 is 4.74 Å². The van der Waals surface area contributed by atoms with Gasteiger partial charge in [0.25, 0.3) is 0 Å². The third kappa shape index (κ3) is 2.15. The van der Waals surface area contributed by atoms with E-state index in [0.29, 0.717) is 6.61 Å². The Balaban J connectivity index is 2.43. The molecule has 1 aromatic heterocycles. The van der Waals surface area contributed by atoms with Crippen LogP contribution in [0.2, 0.25) is 0 Å². The van der Waals surface area contributed by atoms with Crippen molar-refractivity contribution in [3.8, 4) is 0 Å². The summed E-state index contributed by atoms with van der Waals surface area (Å²) < 4.78 is 5.03. The summed E-state index contributed by atoms with van der Waals surface area (Å²) in [6.07, 6.45) is 1.74. The summed E-state index contributed by atoms with van der Waals surface area (Å²) in [6.45, 7) is 4.29. The average molecular weight is 136 g/mol. The Bertz CT molecular complexity index is 174. The largest absolute Gasteiger partial charge is 0.369 e. The number of ether oxygens (including phenoxy) is 1. The van der Waals surface area contributed by atoms with Crippen molar-refractivity contribution in [2.45, 2.75) is 6.92 Å². The van der Waals surface area contributed by atoms with Gasteiger partial charge in [0.15, 0.2) is 0 Å². The Morgan fingerprint density at radius 3 is 3.10 bits per heavy atom. The van der Waals surface area contributed by atoms with Gasteiger partial charge in [0.1, 0.15) is 6.61 Å². The molecule has 53 valence electrons. The average Bonchev–Trinajstić information content (AvgIpc) is 2.03. The Hall–Kier alpha value is -0.890. The summed E-state index contributed by atoms with van der Waals surface area (Å²) in [4.78, 5) is 4.04. The van der Waals surface area contributed by atoms with Crippen LogP contribution in [0.4, 0.5) is 0 Å². The molecule has 0 spiro atoms. The summed E-state index contributed by atoms with van der Waals surface area (Å²) in [6, 6.07) is 5.71. The van der Waals surface area contributed by atoms with E-state index in [1.807, 2.05) is 25.1 Å². The zero-order valence-corrected chi connectivity index (χ0v) is 5.95. The highest BCUT2D eigenvalue weighted by Gasteiger charge is 1.89. The summed E-state index contributed by atoms with van der Waals surface area (Å²) in [7, 11) is 0. The second-order valence-electron chi connectivity index (χ2n) is 1.83. The third-order valence-corrected chi connectivity index (χ3v) is 1.06. The van der Waals surface area contributed by atoms with E-state index in [0.717, 1.165) is 5.69 Å². The van der Waals surface area contributed by atoms with E-state index in [9.17, 15) is 0 Å². The van der Waals surface area contributed by atoms with E-state index in [1.165, 1.54) is 0 Å². The molecule has 1 rings (SSSR count). The molecular formula is C8H10NO. The Morgan fingerprint density at radius 2 is 2.50 bits per heavy atom. The molecule has 0 saturated carbocycles. The lowest BCUT2D eigenvalue weighted by atomic mass is 10.4. The van der Waals surface area contributed by atoms with Crippen LogP contribution in [0.25, 0.3) is 0 Å². The van der Waals surface area contributed by atoms with Crippen LogP contribution in [0.1, 0.15) is 12.6 Å². The van der Waals surface area contributed by atoms with Crippen LogP contribution in [-0.4, -0.2) is 11.6 Å². The maximum absolute atomic E-state index is 5.03. The van der Waals surface area contributed by atoms with Crippen LogP contribution in [-0.2, 0) is 4.74 Å². The van der Waals surface area contributed by atoms with Crippen molar-refractivity contribution in [2.24, 2.45) is 0 Å². The molecule has 0 bridgehead atoms. The van der Waals surface area contributed by atoms with Gasteiger partial charge in [0, 0.05) is 12.8 Å². The lowest BCUT2D eigenvalue weighted by Crippen LogP contribution is -1.90. The van der Waals surface area contributed by atoms with Crippen molar-refractivity contribution in [1.29, 1.82) is 0 Å². The molecule has 0 amide bonds. The maximum Gasteiger partial charge on any atom is 0.131 e. The predicted molar refractivity (Wildman–Crippen MR) is 39.3 cm³/mol. The minimum atomic E-state index is 0.691. The quantitative estimate of drug-likeness (QED) is 0.630. The van der Waals surface area contributed by atoms with Gasteiger partial charge < -0.3 is 4.74 Å². The summed E-state index contributed by atoms with van der Waals surface area (Å²) >= 11 is 0. The fourth-order valence-corrected chi connectivity index (χ4v) is 0.614. The first-order valence-corrected chi connectivity index (χ1v) is 3.29. The van der Waals surface area contributed by atoms with Gasteiger partial charge in [-0.1, -0.05) is 6.07 Å². The van der Waals surface area contributed by atoms with E-state index in [2.05, 4.69) is 4.98 Å². The number of aromatic nitrogens is 1. The lowest BCUT2D eigenvalue weighted by Gasteiger charge is -1.96. The van der Waals surface area contributed by atoms with Crippen LogP contribution in [0.15, 0.2) is 24.4 Å². The first-order valence-electron chi connectivity index (χ1n) is 3.29. The normalized spacial score (nSPS) is 9.70. The van der Waals surface area contributed by atoms with Gasteiger partial charge in [-0.2, -0.15) is 0 Å². The summed E-state index contributed by atoms with van der Waals surface area (Å²) in [5.41, 5.74) is 0.865. The maximum atomic E-state index is 5.03. The third-order valence-electron chi connectivity index (χ3n) is 1.06. The van der Waals surface area contributed by atoms with Gasteiger partial charge in [-0.25, -0.2) is 0 Å². The van der Waals surface area contributed by atoms with E-state index >= 15 is 0 Å². The van der Waals surface area contributed by atoms with Crippen molar-refractivity contribution in [1.82, 2.24) is 4.98 Å². The molecular weight excluding hydrogens is 126 g/mol. The molecule has 0 saturated heterocycles. The smallest absolute Gasteiger partial charge is 0.131 e. The minimum Gasteiger partial charge on any atom is -0.369 e. The van der Waals surface area contributed by atoms with Gasteiger partial charge in [-0.05, 0) is 19.1 Å². The van der Waals surface area contributed by atoms with Crippen molar-refractivity contribution in [3.05, 3.63) is 36.7 Å². The molecule has 1 radical (unpaired) electrons. The van der Waals surface area contributed by atoms with E-state index in [1.54, 1.807) is 12.8 Å². The van der Waals surface area contributed by atoms with Crippen LogP contribution >= 0.6 is 0 Å². The number of hydrogen-bond acceptors (Lipinski definition) is 2. The van der Waals surface area contributed by atoms with Gasteiger partial charge >= 0.3 is 0 Å². The number of nitrogens with zero attached hydrogens (tertiary/aromatic N) is 1. The molecule has 0 N–H and O–H groups in total. The number of rotatable bonds is 3. The van der Waals surface area contributed by atoms with Crippen LogP contribution in [0, 0.1) is 6.61 Å². The second kappa shape index (κ2) is 4.01. The fourth-order valence-electron chi connectivity index (χ4n) is 0.614. The fraction of sp³-hybridized carbons (Fsp3) is 0.250. The van der Waals surface area contributed by atoms with Crippen molar-refractivity contribution >= 4 is 0 Å². The van der Waals surface area contributed by atoms with Gasteiger partial charge in [0.05, 0.1) is 5.69 Å². The zero-order chi connectivity index (χ0) is 7.23. The topological polar surface area (TPSA) is 22.1 Å². The highest BCUT2D eigenvalue weighted by Crippen LogP contribution is 1.96. The van der Waals surface area contributed by atoms with Crippen LogP contribution in [0.5, 0.6) is 0 Å². The van der Waals surface area contributed by atoms with Crippen LogP contribution < -0.4 is 0 Å². The molecule has 0 aliphatic rings.